The fourth-order valence-corrected chi connectivity index (χ4v) is 4.91. The highest BCUT2D eigenvalue weighted by atomic mass is 32.2. The molecule has 1 heterocycles. The van der Waals surface area contributed by atoms with Crippen LogP contribution in [0.4, 0.5) is 11.4 Å². The fraction of sp³-hybridized carbons (Fsp3) is 0.136. The van der Waals surface area contributed by atoms with Crippen molar-refractivity contribution in [2.45, 2.75) is 11.3 Å². The number of carbonyl (C=O) groups is 1. The second-order valence-electron chi connectivity index (χ2n) is 6.67. The van der Waals surface area contributed by atoms with Crippen molar-refractivity contribution in [3.8, 4) is 5.75 Å². The van der Waals surface area contributed by atoms with E-state index in [0.29, 0.717) is 30.1 Å². The van der Waals surface area contributed by atoms with Gasteiger partial charge in [-0.3, -0.25) is 9.10 Å². The molecule has 0 radical (unpaired) electrons. The largest absolute Gasteiger partial charge is 0.497 e. The SMILES string of the molecule is COc1ccc(NC(=O)c2cccc(S(=O)(=O)N3CCc4ccccc43)c2)cc1. The zero-order chi connectivity index (χ0) is 20.4. The van der Waals surface area contributed by atoms with Gasteiger partial charge in [-0.2, -0.15) is 0 Å². The Morgan fingerprint density at radius 3 is 2.52 bits per heavy atom. The number of carbonyl (C=O) groups excluding carboxylic acids is 1. The topological polar surface area (TPSA) is 75.7 Å². The molecule has 0 unspecified atom stereocenters. The van der Waals surface area contributed by atoms with E-state index in [1.54, 1.807) is 49.6 Å². The number of ether oxygens (including phenoxy) is 1. The summed E-state index contributed by atoms with van der Waals surface area (Å²) >= 11 is 0. The summed E-state index contributed by atoms with van der Waals surface area (Å²) in [7, 11) is -2.19. The molecule has 1 aliphatic rings. The molecule has 1 amide bonds. The minimum Gasteiger partial charge on any atom is -0.497 e. The highest BCUT2D eigenvalue weighted by molar-refractivity contribution is 7.92. The van der Waals surface area contributed by atoms with Crippen LogP contribution in [0.15, 0.2) is 77.7 Å². The average Bonchev–Trinajstić information content (AvgIpc) is 3.19. The van der Waals surface area contributed by atoms with E-state index in [9.17, 15) is 13.2 Å². The lowest BCUT2D eigenvalue weighted by Gasteiger charge is -2.20. The first kappa shape index (κ1) is 19.0. The van der Waals surface area contributed by atoms with Crippen LogP contribution in [0, 0.1) is 0 Å². The third-order valence-corrected chi connectivity index (χ3v) is 6.69. The van der Waals surface area contributed by atoms with E-state index < -0.39 is 10.0 Å². The summed E-state index contributed by atoms with van der Waals surface area (Å²) in [4.78, 5) is 12.7. The van der Waals surface area contributed by atoms with E-state index in [-0.39, 0.29) is 16.4 Å². The van der Waals surface area contributed by atoms with Crippen LogP contribution in [-0.4, -0.2) is 28.0 Å². The van der Waals surface area contributed by atoms with Gasteiger partial charge in [-0.1, -0.05) is 24.3 Å². The Labute approximate surface area is 169 Å². The number of hydrogen-bond acceptors (Lipinski definition) is 4. The van der Waals surface area contributed by atoms with Crippen LogP contribution in [0.3, 0.4) is 0 Å². The molecule has 0 spiro atoms. The Morgan fingerprint density at radius 2 is 1.76 bits per heavy atom. The van der Waals surface area contributed by atoms with Gasteiger partial charge >= 0.3 is 0 Å². The monoisotopic (exact) mass is 408 g/mol. The summed E-state index contributed by atoms with van der Waals surface area (Å²) in [6.45, 7) is 0.393. The summed E-state index contributed by atoms with van der Waals surface area (Å²) in [5, 5.41) is 2.77. The van der Waals surface area contributed by atoms with E-state index in [2.05, 4.69) is 5.32 Å². The lowest BCUT2D eigenvalue weighted by atomic mass is 10.2. The Bertz CT molecular complexity index is 1160. The van der Waals surface area contributed by atoms with Crippen molar-refractivity contribution in [1.82, 2.24) is 0 Å². The summed E-state index contributed by atoms with van der Waals surface area (Å²) < 4.78 is 32.9. The van der Waals surface area contributed by atoms with Crippen molar-refractivity contribution in [3.05, 3.63) is 83.9 Å². The number of anilines is 2. The molecule has 29 heavy (non-hydrogen) atoms. The number of sulfonamides is 1. The second kappa shape index (κ2) is 7.60. The maximum absolute atomic E-state index is 13.2. The van der Waals surface area contributed by atoms with Gasteiger partial charge in [0.1, 0.15) is 5.75 Å². The molecule has 7 heteroatoms. The van der Waals surface area contributed by atoms with Crippen molar-refractivity contribution in [2.24, 2.45) is 0 Å². The number of para-hydroxylation sites is 1. The molecule has 1 N–H and O–H groups in total. The number of methoxy groups -OCH3 is 1. The van der Waals surface area contributed by atoms with Crippen molar-refractivity contribution in [3.63, 3.8) is 0 Å². The number of nitrogens with zero attached hydrogens (tertiary/aromatic N) is 1. The molecule has 6 nitrogen and oxygen atoms in total. The third kappa shape index (κ3) is 3.69. The Balaban J connectivity index is 1.59. The Morgan fingerprint density at radius 1 is 1.00 bits per heavy atom. The molecule has 0 atom stereocenters. The molecule has 0 bridgehead atoms. The molecule has 148 valence electrons. The van der Waals surface area contributed by atoms with Crippen molar-refractivity contribution < 1.29 is 17.9 Å². The Kier molecular flexibility index (Phi) is 4.98. The summed E-state index contributed by atoms with van der Waals surface area (Å²) in [6, 6.07) is 20.5. The van der Waals surface area contributed by atoms with Gasteiger partial charge in [0.2, 0.25) is 0 Å². The van der Waals surface area contributed by atoms with E-state index in [1.807, 2.05) is 18.2 Å². The summed E-state index contributed by atoms with van der Waals surface area (Å²) in [6.07, 6.45) is 0.674. The van der Waals surface area contributed by atoms with E-state index in [4.69, 9.17) is 4.74 Å². The maximum atomic E-state index is 13.2. The maximum Gasteiger partial charge on any atom is 0.264 e. The van der Waals surface area contributed by atoms with Crippen molar-refractivity contribution >= 4 is 27.3 Å². The minimum absolute atomic E-state index is 0.0941. The van der Waals surface area contributed by atoms with E-state index in [1.165, 1.54) is 16.4 Å². The normalized spacial score (nSPS) is 13.1. The second-order valence-corrected chi connectivity index (χ2v) is 8.53. The van der Waals surface area contributed by atoms with Crippen molar-refractivity contribution in [1.29, 1.82) is 0 Å². The van der Waals surface area contributed by atoms with Gasteiger partial charge in [-0.15, -0.1) is 0 Å². The molecule has 0 aromatic heterocycles. The van der Waals surface area contributed by atoms with Crippen LogP contribution in [0.5, 0.6) is 5.75 Å². The van der Waals surface area contributed by atoms with Gasteiger partial charge < -0.3 is 10.1 Å². The van der Waals surface area contributed by atoms with Gasteiger partial charge in [0, 0.05) is 17.8 Å². The molecule has 3 aromatic rings. The van der Waals surface area contributed by atoms with E-state index in [0.717, 1.165) is 5.56 Å². The molecule has 0 saturated carbocycles. The van der Waals surface area contributed by atoms with Crippen LogP contribution in [0.2, 0.25) is 0 Å². The fourth-order valence-electron chi connectivity index (χ4n) is 3.36. The van der Waals surface area contributed by atoms with Crippen LogP contribution in [0.1, 0.15) is 15.9 Å². The zero-order valence-corrected chi connectivity index (χ0v) is 16.6. The van der Waals surface area contributed by atoms with Crippen LogP contribution >= 0.6 is 0 Å². The number of rotatable bonds is 5. The predicted octanol–water partition coefficient (Wildman–Crippen LogP) is 3.70. The molecule has 4 rings (SSSR count). The van der Waals surface area contributed by atoms with Gasteiger partial charge in [0.15, 0.2) is 0 Å². The number of amides is 1. The molecule has 3 aromatic carbocycles. The number of nitrogens with one attached hydrogen (secondary N) is 1. The third-order valence-electron chi connectivity index (χ3n) is 4.88. The first-order valence-corrected chi connectivity index (χ1v) is 10.6. The molecular formula is C22H20N2O4S. The first-order valence-electron chi connectivity index (χ1n) is 9.15. The van der Waals surface area contributed by atoms with Gasteiger partial charge in [-0.25, -0.2) is 8.42 Å². The molecule has 0 saturated heterocycles. The number of benzene rings is 3. The van der Waals surface area contributed by atoms with E-state index >= 15 is 0 Å². The standard InChI is InChI=1S/C22H20N2O4S/c1-28-19-11-9-18(10-12-19)23-22(25)17-6-4-7-20(15-17)29(26,27)24-14-13-16-5-2-3-8-21(16)24/h2-12,15H,13-14H2,1H3,(H,23,25). The van der Waals surface area contributed by atoms with Gasteiger partial charge in [0.05, 0.1) is 17.7 Å². The van der Waals surface area contributed by atoms with Crippen LogP contribution in [-0.2, 0) is 16.4 Å². The average molecular weight is 408 g/mol. The van der Waals surface area contributed by atoms with Crippen molar-refractivity contribution in [2.75, 3.05) is 23.3 Å². The predicted molar refractivity (Wildman–Crippen MR) is 112 cm³/mol. The number of fused-ring (bicyclic) bond motifs is 1. The lowest BCUT2D eigenvalue weighted by Crippen LogP contribution is -2.29. The lowest BCUT2D eigenvalue weighted by molar-refractivity contribution is 0.102. The highest BCUT2D eigenvalue weighted by Gasteiger charge is 2.30. The molecular weight excluding hydrogens is 388 g/mol. The van der Waals surface area contributed by atoms with Crippen LogP contribution in [0.25, 0.3) is 0 Å². The molecule has 0 fully saturated rings. The van der Waals surface area contributed by atoms with Gasteiger partial charge in [-0.05, 0) is 60.5 Å². The summed E-state index contributed by atoms with van der Waals surface area (Å²) in [5.74, 6) is 0.302. The first-order chi connectivity index (χ1) is 14.0. The molecule has 1 aliphatic heterocycles. The van der Waals surface area contributed by atoms with Gasteiger partial charge in [0.25, 0.3) is 15.9 Å². The summed E-state index contributed by atoms with van der Waals surface area (Å²) in [5.41, 5.74) is 2.57. The highest BCUT2D eigenvalue weighted by Crippen LogP contribution is 2.32. The number of hydrogen-bond donors (Lipinski definition) is 1. The smallest absolute Gasteiger partial charge is 0.264 e. The quantitative estimate of drug-likeness (QED) is 0.699. The van der Waals surface area contributed by atoms with Crippen LogP contribution < -0.4 is 14.4 Å². The zero-order valence-electron chi connectivity index (χ0n) is 15.8. The molecule has 0 aliphatic carbocycles. The minimum atomic E-state index is -3.75. The Hall–Kier alpha value is -3.32.